The zero-order chi connectivity index (χ0) is 17.0. The number of anilines is 2. The Hall–Kier alpha value is -2.38. The van der Waals surface area contributed by atoms with E-state index in [9.17, 15) is 9.59 Å². The first-order valence-electron chi connectivity index (χ1n) is 7.69. The van der Waals surface area contributed by atoms with Crippen LogP contribution in [0.15, 0.2) is 6.20 Å². The maximum absolute atomic E-state index is 12.0. The fraction of sp³-hybridized carbons (Fsp3) is 0.600. The Morgan fingerprint density at radius 2 is 2.22 bits per heavy atom. The smallest absolute Gasteiger partial charge is 0.343 e. The van der Waals surface area contributed by atoms with Gasteiger partial charge >= 0.3 is 5.97 Å². The van der Waals surface area contributed by atoms with E-state index in [0.717, 1.165) is 19.4 Å². The average Bonchev–Trinajstić information content (AvgIpc) is 2.54. The number of nitrogens with two attached hydrogens (primary N) is 1. The number of hydrogen-bond donors (Lipinski definition) is 1. The molecule has 23 heavy (non-hydrogen) atoms. The second-order valence-corrected chi connectivity index (χ2v) is 5.71. The second kappa shape index (κ2) is 7.26. The lowest BCUT2D eigenvalue weighted by atomic mass is 9.98. The molecule has 1 amide bonds. The van der Waals surface area contributed by atoms with Gasteiger partial charge in [-0.15, -0.1) is 0 Å². The first-order valence-corrected chi connectivity index (χ1v) is 7.69. The second-order valence-electron chi connectivity index (χ2n) is 5.71. The minimum Gasteiger partial charge on any atom is -0.462 e. The molecule has 1 aliphatic heterocycles. The summed E-state index contributed by atoms with van der Waals surface area (Å²) in [5.74, 6) is 0.0457. The van der Waals surface area contributed by atoms with Crippen LogP contribution in [-0.2, 0) is 9.53 Å². The summed E-state index contributed by atoms with van der Waals surface area (Å²) in [7, 11) is 3.61. The minimum atomic E-state index is -0.448. The summed E-state index contributed by atoms with van der Waals surface area (Å²) in [5, 5.41) is 0. The van der Waals surface area contributed by atoms with Crippen molar-refractivity contribution in [2.24, 2.45) is 11.7 Å². The molecular weight excluding hydrogens is 298 g/mol. The molecule has 0 spiro atoms. The summed E-state index contributed by atoms with van der Waals surface area (Å²) >= 11 is 0. The van der Waals surface area contributed by atoms with Crippen molar-refractivity contribution in [2.45, 2.75) is 19.8 Å². The van der Waals surface area contributed by atoms with Crippen molar-refractivity contribution < 1.29 is 14.3 Å². The number of rotatable bonds is 5. The predicted molar refractivity (Wildman–Crippen MR) is 86.4 cm³/mol. The number of carbonyl (C=O) groups excluding carboxylic acids is 2. The molecule has 2 rings (SSSR count). The van der Waals surface area contributed by atoms with Crippen LogP contribution in [0.3, 0.4) is 0 Å². The van der Waals surface area contributed by atoms with Crippen molar-refractivity contribution in [3.05, 3.63) is 11.8 Å². The van der Waals surface area contributed by atoms with Gasteiger partial charge in [0.1, 0.15) is 11.4 Å². The molecule has 126 valence electrons. The Morgan fingerprint density at radius 3 is 2.83 bits per heavy atom. The standard InChI is InChI=1S/C15H23N5O3/c1-4-23-14(22)11-8-17-15(18-13(11)19(2)3)20-7-5-6-10(9-20)12(16)21/h8,10H,4-7,9H2,1-3H3,(H2,16,21). The Balaban J connectivity index is 2.28. The first kappa shape index (κ1) is 17.0. The number of carbonyl (C=O) groups is 2. The third kappa shape index (κ3) is 3.88. The molecule has 1 fully saturated rings. The van der Waals surface area contributed by atoms with Crippen LogP contribution in [0.5, 0.6) is 0 Å². The Bertz CT molecular complexity index is 590. The van der Waals surface area contributed by atoms with Crippen molar-refractivity contribution >= 4 is 23.6 Å². The lowest BCUT2D eigenvalue weighted by molar-refractivity contribution is -0.122. The summed E-state index contributed by atoms with van der Waals surface area (Å²) in [6.07, 6.45) is 3.12. The van der Waals surface area contributed by atoms with Crippen LogP contribution in [0.4, 0.5) is 11.8 Å². The van der Waals surface area contributed by atoms with Crippen LogP contribution < -0.4 is 15.5 Å². The van der Waals surface area contributed by atoms with Gasteiger partial charge in [0.25, 0.3) is 0 Å². The molecule has 1 atom stereocenters. The molecule has 0 aliphatic carbocycles. The molecule has 2 N–H and O–H groups in total. The van der Waals surface area contributed by atoms with Crippen LogP contribution in [0.2, 0.25) is 0 Å². The van der Waals surface area contributed by atoms with Crippen LogP contribution >= 0.6 is 0 Å². The molecule has 0 saturated carbocycles. The quantitative estimate of drug-likeness (QED) is 0.784. The van der Waals surface area contributed by atoms with E-state index in [2.05, 4.69) is 9.97 Å². The summed E-state index contributed by atoms with van der Waals surface area (Å²) in [6.45, 7) is 3.30. The third-order valence-corrected chi connectivity index (χ3v) is 3.78. The van der Waals surface area contributed by atoms with E-state index in [4.69, 9.17) is 10.5 Å². The lowest BCUT2D eigenvalue weighted by Crippen LogP contribution is -2.42. The SMILES string of the molecule is CCOC(=O)c1cnc(N2CCCC(C(N)=O)C2)nc1N(C)C. The van der Waals surface area contributed by atoms with Gasteiger partial charge in [0.15, 0.2) is 0 Å². The fourth-order valence-electron chi connectivity index (χ4n) is 2.60. The molecule has 0 aromatic carbocycles. The van der Waals surface area contributed by atoms with Crippen molar-refractivity contribution in [2.75, 3.05) is 43.6 Å². The third-order valence-electron chi connectivity index (χ3n) is 3.78. The number of aromatic nitrogens is 2. The zero-order valence-corrected chi connectivity index (χ0v) is 13.8. The highest BCUT2D eigenvalue weighted by molar-refractivity contribution is 5.94. The molecule has 1 aromatic heterocycles. The maximum atomic E-state index is 12.0. The van der Waals surface area contributed by atoms with E-state index < -0.39 is 5.97 Å². The highest BCUT2D eigenvalue weighted by Crippen LogP contribution is 2.24. The normalized spacial score (nSPS) is 17.7. The largest absolute Gasteiger partial charge is 0.462 e. The predicted octanol–water partition coefficient (Wildman–Crippen LogP) is 0.421. The number of ether oxygens (including phenoxy) is 1. The summed E-state index contributed by atoms with van der Waals surface area (Å²) in [5.41, 5.74) is 5.73. The zero-order valence-electron chi connectivity index (χ0n) is 13.8. The van der Waals surface area contributed by atoms with Crippen molar-refractivity contribution in [1.29, 1.82) is 0 Å². The molecule has 1 aliphatic rings. The van der Waals surface area contributed by atoms with Crippen molar-refractivity contribution in [3.63, 3.8) is 0 Å². The molecule has 1 unspecified atom stereocenters. The maximum Gasteiger partial charge on any atom is 0.343 e. The van der Waals surface area contributed by atoms with Crippen LogP contribution in [0.25, 0.3) is 0 Å². The van der Waals surface area contributed by atoms with E-state index in [0.29, 0.717) is 30.5 Å². The van der Waals surface area contributed by atoms with Gasteiger partial charge in [-0.1, -0.05) is 0 Å². The topological polar surface area (TPSA) is 102 Å². The molecule has 1 aromatic rings. The Kier molecular flexibility index (Phi) is 5.36. The van der Waals surface area contributed by atoms with E-state index >= 15 is 0 Å². The van der Waals surface area contributed by atoms with Gasteiger partial charge in [-0.3, -0.25) is 4.79 Å². The van der Waals surface area contributed by atoms with E-state index in [1.807, 2.05) is 4.90 Å². The number of esters is 1. The highest BCUT2D eigenvalue weighted by Gasteiger charge is 2.27. The lowest BCUT2D eigenvalue weighted by Gasteiger charge is -2.31. The van der Waals surface area contributed by atoms with Gasteiger partial charge in [0.2, 0.25) is 11.9 Å². The highest BCUT2D eigenvalue weighted by atomic mass is 16.5. The Labute approximate surface area is 135 Å². The van der Waals surface area contributed by atoms with E-state index in [1.54, 1.807) is 25.9 Å². The molecule has 8 nitrogen and oxygen atoms in total. The number of amides is 1. The van der Waals surface area contributed by atoms with Crippen LogP contribution in [0, 0.1) is 5.92 Å². The molecule has 2 heterocycles. The molecule has 0 radical (unpaired) electrons. The molecule has 0 bridgehead atoms. The van der Waals surface area contributed by atoms with Crippen molar-refractivity contribution in [1.82, 2.24) is 9.97 Å². The average molecular weight is 321 g/mol. The van der Waals surface area contributed by atoms with Crippen molar-refractivity contribution in [3.8, 4) is 0 Å². The first-order chi connectivity index (χ1) is 10.9. The minimum absolute atomic E-state index is 0.195. The summed E-state index contributed by atoms with van der Waals surface area (Å²) < 4.78 is 5.03. The van der Waals surface area contributed by atoms with Crippen LogP contribution in [0.1, 0.15) is 30.1 Å². The van der Waals surface area contributed by atoms with E-state index in [1.165, 1.54) is 6.20 Å². The van der Waals surface area contributed by atoms with Gasteiger partial charge in [-0.05, 0) is 19.8 Å². The number of hydrogen-bond acceptors (Lipinski definition) is 7. The van der Waals surface area contributed by atoms with Gasteiger partial charge in [-0.2, -0.15) is 4.98 Å². The fourth-order valence-corrected chi connectivity index (χ4v) is 2.60. The number of piperidine rings is 1. The van der Waals surface area contributed by atoms with Gasteiger partial charge in [0, 0.05) is 33.4 Å². The van der Waals surface area contributed by atoms with Crippen LogP contribution in [-0.4, -0.2) is 55.6 Å². The van der Waals surface area contributed by atoms with Gasteiger partial charge in [0.05, 0.1) is 12.5 Å². The summed E-state index contributed by atoms with van der Waals surface area (Å²) in [4.78, 5) is 35.8. The molecular formula is C15H23N5O3. The van der Waals surface area contributed by atoms with Gasteiger partial charge in [-0.25, -0.2) is 9.78 Å². The molecule has 1 saturated heterocycles. The van der Waals surface area contributed by atoms with E-state index in [-0.39, 0.29) is 11.8 Å². The monoisotopic (exact) mass is 321 g/mol. The number of nitrogens with zero attached hydrogens (tertiary/aromatic N) is 4. The molecule has 8 heteroatoms. The summed E-state index contributed by atoms with van der Waals surface area (Å²) in [6, 6.07) is 0. The Morgan fingerprint density at radius 1 is 1.48 bits per heavy atom. The van der Waals surface area contributed by atoms with Gasteiger partial charge < -0.3 is 20.3 Å². The number of primary amides is 1.